The smallest absolute Gasteiger partial charge is 0.317 e. The molecule has 1 N–H and O–H groups in total. The molecule has 120 valence electrons. The van der Waals surface area contributed by atoms with Gasteiger partial charge in [-0.3, -0.25) is 19.0 Å². The molecule has 2 aliphatic rings. The van der Waals surface area contributed by atoms with Crippen LogP contribution in [-0.4, -0.2) is 21.1 Å². The van der Waals surface area contributed by atoms with Crippen molar-refractivity contribution >= 4 is 32.9 Å². The number of nitrogens with zero attached hydrogens (tertiary/aromatic N) is 2. The lowest BCUT2D eigenvalue weighted by atomic mass is 9.97. The Morgan fingerprint density at radius 1 is 1.22 bits per heavy atom. The molecule has 4 rings (SSSR count). The van der Waals surface area contributed by atoms with Crippen molar-refractivity contribution in [3.8, 4) is 0 Å². The maximum absolute atomic E-state index is 12.6. The van der Waals surface area contributed by atoms with Crippen LogP contribution in [0.25, 0.3) is 11.0 Å². The fourth-order valence-electron chi connectivity index (χ4n) is 3.31. The average Bonchev–Trinajstić information content (AvgIpc) is 3.33. The summed E-state index contributed by atoms with van der Waals surface area (Å²) in [6, 6.07) is 3.40. The molecule has 1 aliphatic carbocycles. The molecule has 0 radical (unpaired) electrons. The number of benzene rings is 1. The molecule has 0 bridgehead atoms. The zero-order valence-electron chi connectivity index (χ0n) is 12.6. The summed E-state index contributed by atoms with van der Waals surface area (Å²) in [7, 11) is 1.59. The van der Waals surface area contributed by atoms with E-state index in [2.05, 4.69) is 21.2 Å². The highest BCUT2D eigenvalue weighted by Crippen LogP contribution is 2.32. The Kier molecular flexibility index (Phi) is 3.23. The van der Waals surface area contributed by atoms with Crippen molar-refractivity contribution in [2.24, 2.45) is 7.05 Å². The highest BCUT2D eigenvalue weighted by Gasteiger charge is 2.33. The summed E-state index contributed by atoms with van der Waals surface area (Å²) < 4.78 is 3.63. The lowest BCUT2D eigenvalue weighted by Gasteiger charge is -2.27. The fraction of sp³-hybridized carbons (Fsp3) is 0.438. The van der Waals surface area contributed by atoms with Gasteiger partial charge in [0.05, 0.1) is 11.0 Å². The molecule has 1 atom stereocenters. The molecule has 0 saturated heterocycles. The predicted octanol–water partition coefficient (Wildman–Crippen LogP) is 1.23. The first-order valence-electron chi connectivity index (χ1n) is 7.71. The van der Waals surface area contributed by atoms with Crippen LogP contribution in [-0.2, 0) is 18.3 Å². The van der Waals surface area contributed by atoms with Gasteiger partial charge in [0.25, 0.3) is 0 Å². The number of nitrogens with one attached hydrogen (secondary N) is 1. The van der Waals surface area contributed by atoms with Gasteiger partial charge >= 0.3 is 11.1 Å². The highest BCUT2D eigenvalue weighted by atomic mass is 79.9. The van der Waals surface area contributed by atoms with Gasteiger partial charge in [0.2, 0.25) is 5.91 Å². The Hall–Kier alpha value is -1.89. The maximum atomic E-state index is 12.6. The number of hydrogen-bond acceptors (Lipinski definition) is 3. The van der Waals surface area contributed by atoms with Crippen molar-refractivity contribution in [1.82, 2.24) is 14.5 Å². The van der Waals surface area contributed by atoms with E-state index < -0.39 is 17.2 Å². The van der Waals surface area contributed by atoms with E-state index in [1.165, 1.54) is 9.13 Å². The van der Waals surface area contributed by atoms with Crippen molar-refractivity contribution in [2.45, 2.75) is 37.8 Å². The van der Waals surface area contributed by atoms with Crippen LogP contribution in [0.2, 0.25) is 0 Å². The number of carbonyl (C=O) groups excluding carboxylic acids is 1. The summed E-state index contributed by atoms with van der Waals surface area (Å²) in [5.41, 5.74) is 1.12. The van der Waals surface area contributed by atoms with E-state index in [1.54, 1.807) is 7.05 Å². The number of halogens is 1. The van der Waals surface area contributed by atoms with E-state index in [0.717, 1.165) is 22.9 Å². The molecule has 2 aromatic rings. The largest absolute Gasteiger partial charge is 0.352 e. The van der Waals surface area contributed by atoms with Crippen molar-refractivity contribution in [1.29, 1.82) is 0 Å². The second kappa shape index (κ2) is 5.06. The molecule has 7 heteroatoms. The van der Waals surface area contributed by atoms with Gasteiger partial charge in [0, 0.05) is 17.6 Å². The third kappa shape index (κ3) is 2.25. The van der Waals surface area contributed by atoms with Crippen LogP contribution < -0.4 is 16.4 Å². The van der Waals surface area contributed by atoms with Crippen molar-refractivity contribution < 1.29 is 4.79 Å². The summed E-state index contributed by atoms with van der Waals surface area (Å²) in [5, 5.41) is 2.95. The number of carbonyl (C=O) groups is 1. The molecule has 2 heterocycles. The normalized spacial score (nSPS) is 19.8. The number of aromatic nitrogens is 2. The molecular formula is C16H16BrN3O3. The summed E-state index contributed by atoms with van der Waals surface area (Å²) in [6.07, 6.45) is 3.21. The van der Waals surface area contributed by atoms with Gasteiger partial charge in [0.1, 0.15) is 6.04 Å². The van der Waals surface area contributed by atoms with Crippen molar-refractivity contribution in [3.63, 3.8) is 0 Å². The van der Waals surface area contributed by atoms with E-state index in [-0.39, 0.29) is 11.9 Å². The summed E-state index contributed by atoms with van der Waals surface area (Å²) >= 11 is 3.45. The molecule has 23 heavy (non-hydrogen) atoms. The second-order valence-corrected chi connectivity index (χ2v) is 7.22. The lowest BCUT2D eigenvalue weighted by Crippen LogP contribution is -2.47. The molecule has 1 aromatic carbocycles. The third-order valence-electron chi connectivity index (χ3n) is 4.67. The molecular weight excluding hydrogens is 362 g/mol. The predicted molar refractivity (Wildman–Crippen MR) is 89.7 cm³/mol. The van der Waals surface area contributed by atoms with Crippen LogP contribution in [0, 0.1) is 0 Å². The molecule has 1 fully saturated rings. The lowest BCUT2D eigenvalue weighted by molar-refractivity contribution is -0.124. The quantitative estimate of drug-likeness (QED) is 0.799. The Morgan fingerprint density at radius 2 is 1.96 bits per heavy atom. The molecule has 1 saturated carbocycles. The topological polar surface area (TPSA) is 73.1 Å². The minimum Gasteiger partial charge on any atom is -0.352 e. The summed E-state index contributed by atoms with van der Waals surface area (Å²) in [4.78, 5) is 37.4. The number of aryl methyl sites for hydroxylation is 2. The van der Waals surface area contributed by atoms with E-state index in [4.69, 9.17) is 0 Å². The fourth-order valence-corrected chi connectivity index (χ4v) is 3.81. The Labute approximate surface area is 140 Å². The van der Waals surface area contributed by atoms with Crippen LogP contribution in [0.1, 0.15) is 30.9 Å². The summed E-state index contributed by atoms with van der Waals surface area (Å²) in [6.45, 7) is 0. The standard InChI is InChI=1S/C16H16BrN3O3/c1-19-12-7-9(17)6-8-2-5-11(14(21)18-10-3-4-10)20(13(8)12)16(23)15(19)22/h6-7,10-11H,2-5H2,1H3,(H,18,21). The number of hydrogen-bond donors (Lipinski definition) is 1. The first kappa shape index (κ1) is 14.7. The van der Waals surface area contributed by atoms with Crippen LogP contribution in [0.15, 0.2) is 26.2 Å². The molecule has 1 aromatic heterocycles. The van der Waals surface area contributed by atoms with Gasteiger partial charge in [-0.25, -0.2) is 0 Å². The van der Waals surface area contributed by atoms with Gasteiger partial charge in [0.15, 0.2) is 0 Å². The second-order valence-electron chi connectivity index (χ2n) is 6.31. The monoisotopic (exact) mass is 377 g/mol. The van der Waals surface area contributed by atoms with Crippen LogP contribution >= 0.6 is 15.9 Å². The minimum atomic E-state index is -0.626. The van der Waals surface area contributed by atoms with Gasteiger partial charge in [-0.2, -0.15) is 0 Å². The van der Waals surface area contributed by atoms with Gasteiger partial charge < -0.3 is 9.88 Å². The minimum absolute atomic E-state index is 0.155. The van der Waals surface area contributed by atoms with Gasteiger partial charge in [-0.1, -0.05) is 15.9 Å². The Bertz CT molecular complexity index is 956. The third-order valence-corrected chi connectivity index (χ3v) is 5.13. The van der Waals surface area contributed by atoms with E-state index in [1.807, 2.05) is 12.1 Å². The van der Waals surface area contributed by atoms with Crippen LogP contribution in [0.4, 0.5) is 0 Å². The van der Waals surface area contributed by atoms with Crippen molar-refractivity contribution in [3.05, 3.63) is 42.9 Å². The molecule has 0 spiro atoms. The first-order valence-corrected chi connectivity index (χ1v) is 8.50. The maximum Gasteiger partial charge on any atom is 0.317 e. The average molecular weight is 378 g/mol. The number of rotatable bonds is 2. The van der Waals surface area contributed by atoms with E-state index in [9.17, 15) is 14.4 Å². The zero-order valence-corrected chi connectivity index (χ0v) is 14.2. The van der Waals surface area contributed by atoms with E-state index >= 15 is 0 Å². The van der Waals surface area contributed by atoms with Gasteiger partial charge in [-0.05, 0) is 43.4 Å². The van der Waals surface area contributed by atoms with Crippen LogP contribution in [0.5, 0.6) is 0 Å². The zero-order chi connectivity index (χ0) is 16.3. The Balaban J connectivity index is 2.00. The molecule has 1 aliphatic heterocycles. The first-order chi connectivity index (χ1) is 11.0. The molecule has 6 nitrogen and oxygen atoms in total. The van der Waals surface area contributed by atoms with E-state index in [0.29, 0.717) is 23.9 Å². The summed E-state index contributed by atoms with van der Waals surface area (Å²) in [5.74, 6) is -0.155. The van der Waals surface area contributed by atoms with Crippen molar-refractivity contribution in [2.75, 3.05) is 0 Å². The molecule has 1 unspecified atom stereocenters. The number of amides is 1. The highest BCUT2D eigenvalue weighted by molar-refractivity contribution is 9.10. The van der Waals surface area contributed by atoms with Gasteiger partial charge in [-0.15, -0.1) is 0 Å². The Morgan fingerprint density at radius 3 is 2.65 bits per heavy atom. The SMILES string of the molecule is Cn1c(=O)c(=O)n2c3c(cc(Br)cc31)CCC2C(=O)NC1CC1. The molecule has 1 amide bonds. The van der Waals surface area contributed by atoms with Crippen LogP contribution in [0.3, 0.4) is 0 Å².